The molecule has 6 nitrogen and oxygen atoms in total. The van der Waals surface area contributed by atoms with Gasteiger partial charge in [0.05, 0.1) is 0 Å². The van der Waals surface area contributed by atoms with Crippen LogP contribution in [-0.4, -0.2) is 23.9 Å². The van der Waals surface area contributed by atoms with Crippen molar-refractivity contribution >= 4 is 23.9 Å². The molecule has 0 unspecified atom stereocenters. The summed E-state index contributed by atoms with van der Waals surface area (Å²) in [7, 11) is 0. The van der Waals surface area contributed by atoms with Crippen LogP contribution in [0.3, 0.4) is 0 Å². The molecule has 0 aromatic carbocycles. The van der Waals surface area contributed by atoms with Gasteiger partial charge in [0.1, 0.15) is 0 Å². The van der Waals surface area contributed by atoms with Gasteiger partial charge in [0.15, 0.2) is 0 Å². The van der Waals surface area contributed by atoms with Crippen molar-refractivity contribution in [3.63, 3.8) is 0 Å². The first-order valence-corrected chi connectivity index (χ1v) is 3.63. The first kappa shape index (κ1) is 19.4. The van der Waals surface area contributed by atoms with Crippen LogP contribution in [0, 0.1) is 0 Å². The van der Waals surface area contributed by atoms with E-state index in [-0.39, 0.29) is 16.8 Å². The van der Waals surface area contributed by atoms with Crippen molar-refractivity contribution in [2.75, 3.05) is 0 Å². The molecule has 0 aliphatic rings. The maximum Gasteiger partial charge on any atom is 0.310 e. The summed E-state index contributed by atoms with van der Waals surface area (Å²) < 4.78 is 7.94. The Labute approximate surface area is 97.5 Å². The zero-order valence-electron chi connectivity index (χ0n) is 8.78. The van der Waals surface area contributed by atoms with E-state index < -0.39 is 23.9 Å². The van der Waals surface area contributed by atoms with E-state index in [9.17, 15) is 19.2 Å². The van der Waals surface area contributed by atoms with Gasteiger partial charge in [-0.05, 0) is 0 Å². The summed E-state index contributed by atoms with van der Waals surface area (Å²) in [4.78, 5) is 39.2. The number of carbonyl (C=O) groups is 4. The van der Waals surface area contributed by atoms with Crippen LogP contribution in [0.4, 0.5) is 0 Å². The van der Waals surface area contributed by atoms with Crippen molar-refractivity contribution < 1.29 is 45.4 Å². The number of carbonyl (C=O) groups excluding carboxylic acids is 4. The molecule has 0 fully saturated rings. The summed E-state index contributed by atoms with van der Waals surface area (Å²) in [6.45, 7) is 4.73. The molecule has 0 aliphatic carbocycles. The molecule has 1 radical (unpaired) electrons. The van der Waals surface area contributed by atoms with Gasteiger partial charge in [0.25, 0.3) is 0 Å². The van der Waals surface area contributed by atoms with E-state index in [0.29, 0.717) is 0 Å². The molecule has 0 spiro atoms. The van der Waals surface area contributed by atoms with Gasteiger partial charge < -0.3 is 9.47 Å². The summed E-state index contributed by atoms with van der Waals surface area (Å²) in [6, 6.07) is 0. The van der Waals surface area contributed by atoms with Crippen molar-refractivity contribution in [3.8, 4) is 0 Å². The monoisotopic (exact) mass is 263 g/mol. The summed E-state index contributed by atoms with van der Waals surface area (Å²) in [5, 5.41) is 0. The van der Waals surface area contributed by atoms with E-state index in [0.717, 1.165) is 0 Å². The number of hydrogen-bond acceptors (Lipinski definition) is 6. The molecule has 0 N–H and O–H groups in total. The third-order valence-corrected chi connectivity index (χ3v) is 0.575. The minimum absolute atomic E-state index is 0. The minimum atomic E-state index is -0.562. The van der Waals surface area contributed by atoms with Gasteiger partial charge in [-0.15, -0.1) is 0 Å². The van der Waals surface area contributed by atoms with Crippen LogP contribution in [-0.2, 0) is 45.4 Å². The Balaban J connectivity index is -0.000000180. The van der Waals surface area contributed by atoms with E-state index >= 15 is 0 Å². The normalized spacial score (nSPS) is 7.20. The second-order valence-electron chi connectivity index (χ2n) is 2.17. The number of esters is 4. The molecule has 0 atom stereocenters. The summed E-state index contributed by atoms with van der Waals surface area (Å²) in [6.07, 6.45) is 0. The molecule has 0 heterocycles. The third-order valence-electron chi connectivity index (χ3n) is 0.575. The first-order valence-electron chi connectivity index (χ1n) is 3.63. The molecule has 0 amide bonds. The Hall–Kier alpha value is -1.21. The molecule has 7 heteroatoms. The van der Waals surface area contributed by atoms with Crippen LogP contribution >= 0.6 is 0 Å². The number of ether oxygens (including phenoxy) is 2. The van der Waals surface area contributed by atoms with Gasteiger partial charge in [-0.2, -0.15) is 0 Å². The molecule has 0 saturated heterocycles. The zero-order chi connectivity index (χ0) is 11.7. The quantitative estimate of drug-likeness (QED) is 0.458. The Kier molecular flexibility index (Phi) is 14.0. The zero-order valence-corrected chi connectivity index (χ0v) is 9.82. The standard InChI is InChI=1S/2C4H6O3.Co/c2*1-3(5)7-4(2)6;/h2*1-2H3;. The average molecular weight is 263 g/mol. The fourth-order valence-electron chi connectivity index (χ4n) is 0.405. The van der Waals surface area contributed by atoms with Gasteiger partial charge >= 0.3 is 23.9 Å². The van der Waals surface area contributed by atoms with E-state index in [2.05, 4.69) is 9.47 Å². The molecule has 0 aromatic heterocycles. The third kappa shape index (κ3) is 32.3. The Morgan fingerprint density at radius 1 is 0.600 bits per heavy atom. The number of rotatable bonds is 0. The molecule has 15 heavy (non-hydrogen) atoms. The molecule has 0 rings (SSSR count). The first-order chi connectivity index (χ1) is 6.25. The van der Waals surface area contributed by atoms with Crippen LogP contribution in [0.15, 0.2) is 0 Å². The van der Waals surface area contributed by atoms with Crippen molar-refractivity contribution in [1.29, 1.82) is 0 Å². The van der Waals surface area contributed by atoms with E-state index in [4.69, 9.17) is 0 Å². The topological polar surface area (TPSA) is 86.7 Å². The predicted octanol–water partition coefficient (Wildman–Crippen LogP) is 0.190. The Bertz CT molecular complexity index is 198. The maximum atomic E-state index is 9.81. The fraction of sp³-hybridized carbons (Fsp3) is 0.500. The van der Waals surface area contributed by atoms with Crippen molar-refractivity contribution in [1.82, 2.24) is 0 Å². The van der Waals surface area contributed by atoms with E-state index in [1.54, 1.807) is 0 Å². The SMILES string of the molecule is CC(=O)OC(C)=O.CC(=O)OC(C)=O.[Co]. The molecule has 0 aliphatic heterocycles. The maximum absolute atomic E-state index is 9.81. The summed E-state index contributed by atoms with van der Waals surface area (Å²) >= 11 is 0. The summed E-state index contributed by atoms with van der Waals surface area (Å²) in [5.74, 6) is -2.25. The average Bonchev–Trinajstić information content (AvgIpc) is 1.79. The Morgan fingerprint density at radius 2 is 0.733 bits per heavy atom. The summed E-state index contributed by atoms with van der Waals surface area (Å²) in [5.41, 5.74) is 0. The van der Waals surface area contributed by atoms with Crippen molar-refractivity contribution in [2.24, 2.45) is 0 Å². The van der Waals surface area contributed by atoms with Gasteiger partial charge in [0, 0.05) is 44.5 Å². The van der Waals surface area contributed by atoms with E-state index in [1.165, 1.54) is 27.7 Å². The van der Waals surface area contributed by atoms with Crippen molar-refractivity contribution in [3.05, 3.63) is 0 Å². The smallest absolute Gasteiger partial charge is 0.310 e. The molecule has 89 valence electrons. The van der Waals surface area contributed by atoms with Gasteiger partial charge in [-0.3, -0.25) is 19.2 Å². The van der Waals surface area contributed by atoms with Crippen LogP contribution in [0.5, 0.6) is 0 Å². The molecule has 0 bridgehead atoms. The molecular weight excluding hydrogens is 251 g/mol. The van der Waals surface area contributed by atoms with Crippen molar-refractivity contribution in [2.45, 2.75) is 27.7 Å². The van der Waals surface area contributed by atoms with Gasteiger partial charge in [-0.1, -0.05) is 0 Å². The largest absolute Gasteiger partial charge is 0.394 e. The minimum Gasteiger partial charge on any atom is -0.394 e. The number of hydrogen-bond donors (Lipinski definition) is 0. The molecular formula is C8H12CoO6. The van der Waals surface area contributed by atoms with Crippen LogP contribution in [0.2, 0.25) is 0 Å². The van der Waals surface area contributed by atoms with Gasteiger partial charge in [-0.25, -0.2) is 0 Å². The van der Waals surface area contributed by atoms with Gasteiger partial charge in [0.2, 0.25) is 0 Å². The molecule has 0 aromatic rings. The van der Waals surface area contributed by atoms with E-state index in [1.807, 2.05) is 0 Å². The molecule has 0 saturated carbocycles. The van der Waals surface area contributed by atoms with Crippen LogP contribution in [0.25, 0.3) is 0 Å². The predicted molar refractivity (Wildman–Crippen MR) is 44.9 cm³/mol. The van der Waals surface area contributed by atoms with Crippen LogP contribution in [0.1, 0.15) is 27.7 Å². The fourth-order valence-corrected chi connectivity index (χ4v) is 0.405. The second-order valence-corrected chi connectivity index (χ2v) is 2.17. The van der Waals surface area contributed by atoms with Crippen LogP contribution < -0.4 is 0 Å². The second kappa shape index (κ2) is 10.9. The Morgan fingerprint density at radius 3 is 0.733 bits per heavy atom.